The van der Waals surface area contributed by atoms with Crippen LogP contribution in [0.5, 0.6) is 0 Å². The Morgan fingerprint density at radius 3 is 2.74 bits per heavy atom. The Morgan fingerprint density at radius 1 is 1.22 bits per heavy atom. The van der Waals surface area contributed by atoms with E-state index in [4.69, 9.17) is 5.73 Å². The standard InChI is InChI=1S/C17H21N3O.2ClH/c18-15-7-3-1-5-12(15)10-17(21)20-14-9-13-6-2-4-8-16(13)19-11-14;;/h2,4,6,8-9,11-12,15H,1,3,5,7,10,18H2,(H,20,21);2*1H. The van der Waals surface area contributed by atoms with Crippen LogP contribution < -0.4 is 11.1 Å². The summed E-state index contributed by atoms with van der Waals surface area (Å²) in [6.45, 7) is 0. The van der Waals surface area contributed by atoms with E-state index in [-0.39, 0.29) is 36.8 Å². The van der Waals surface area contributed by atoms with Crippen LogP contribution in [0.15, 0.2) is 36.5 Å². The lowest BCUT2D eigenvalue weighted by atomic mass is 9.83. The van der Waals surface area contributed by atoms with Gasteiger partial charge in [0, 0.05) is 17.8 Å². The van der Waals surface area contributed by atoms with Crippen molar-refractivity contribution in [2.24, 2.45) is 11.7 Å². The molecule has 6 heteroatoms. The summed E-state index contributed by atoms with van der Waals surface area (Å²) in [5.74, 6) is 0.349. The molecule has 0 saturated heterocycles. The van der Waals surface area contributed by atoms with E-state index in [1.54, 1.807) is 6.20 Å². The summed E-state index contributed by atoms with van der Waals surface area (Å²) < 4.78 is 0. The molecule has 2 unspecified atom stereocenters. The third-order valence-corrected chi connectivity index (χ3v) is 4.29. The molecule has 1 aromatic carbocycles. The number of fused-ring (bicyclic) bond motifs is 1. The highest BCUT2D eigenvalue weighted by atomic mass is 35.5. The summed E-state index contributed by atoms with van der Waals surface area (Å²) in [7, 11) is 0. The van der Waals surface area contributed by atoms with Crippen LogP contribution >= 0.6 is 24.8 Å². The van der Waals surface area contributed by atoms with Gasteiger partial charge in [0.25, 0.3) is 0 Å². The molecule has 1 aromatic heterocycles. The van der Waals surface area contributed by atoms with Crippen LogP contribution in [0.2, 0.25) is 0 Å². The zero-order valence-electron chi connectivity index (χ0n) is 12.9. The van der Waals surface area contributed by atoms with Gasteiger partial charge in [0.1, 0.15) is 0 Å². The number of pyridine rings is 1. The molecule has 1 aliphatic rings. The van der Waals surface area contributed by atoms with Crippen molar-refractivity contribution in [3.8, 4) is 0 Å². The molecular weight excluding hydrogens is 333 g/mol. The number of nitrogens with zero attached hydrogens (tertiary/aromatic N) is 1. The fourth-order valence-electron chi connectivity index (χ4n) is 3.08. The van der Waals surface area contributed by atoms with Crippen LogP contribution in [0.4, 0.5) is 5.69 Å². The zero-order valence-corrected chi connectivity index (χ0v) is 14.5. The minimum absolute atomic E-state index is 0. The van der Waals surface area contributed by atoms with Gasteiger partial charge < -0.3 is 11.1 Å². The molecule has 0 radical (unpaired) electrons. The molecule has 0 spiro atoms. The SMILES string of the molecule is Cl.Cl.NC1CCCCC1CC(=O)Nc1cnc2ccccc2c1. The summed E-state index contributed by atoms with van der Waals surface area (Å²) in [5, 5.41) is 3.98. The van der Waals surface area contributed by atoms with Gasteiger partial charge in [0.05, 0.1) is 17.4 Å². The van der Waals surface area contributed by atoms with Gasteiger partial charge in [-0.25, -0.2) is 0 Å². The van der Waals surface area contributed by atoms with Gasteiger partial charge in [0.15, 0.2) is 0 Å². The quantitative estimate of drug-likeness (QED) is 0.876. The van der Waals surface area contributed by atoms with E-state index in [0.29, 0.717) is 12.3 Å². The van der Waals surface area contributed by atoms with Crippen molar-refractivity contribution in [3.63, 3.8) is 0 Å². The smallest absolute Gasteiger partial charge is 0.224 e. The van der Waals surface area contributed by atoms with Gasteiger partial charge in [-0.15, -0.1) is 24.8 Å². The Labute approximate surface area is 149 Å². The number of para-hydroxylation sites is 1. The first-order chi connectivity index (χ1) is 10.2. The first-order valence-corrected chi connectivity index (χ1v) is 7.62. The highest BCUT2D eigenvalue weighted by Gasteiger charge is 2.24. The van der Waals surface area contributed by atoms with Crippen LogP contribution in [0.25, 0.3) is 10.9 Å². The molecule has 0 aliphatic heterocycles. The molecule has 2 aromatic rings. The second-order valence-corrected chi connectivity index (χ2v) is 5.88. The molecule has 3 N–H and O–H groups in total. The van der Waals surface area contributed by atoms with Crippen LogP contribution in [0.1, 0.15) is 32.1 Å². The number of aromatic nitrogens is 1. The van der Waals surface area contributed by atoms with Crippen molar-refractivity contribution in [1.29, 1.82) is 0 Å². The summed E-state index contributed by atoms with van der Waals surface area (Å²) in [5.41, 5.74) is 7.79. The number of rotatable bonds is 3. The van der Waals surface area contributed by atoms with E-state index in [9.17, 15) is 4.79 Å². The average molecular weight is 356 g/mol. The van der Waals surface area contributed by atoms with Gasteiger partial charge in [0.2, 0.25) is 5.91 Å². The molecule has 3 rings (SSSR count). The second-order valence-electron chi connectivity index (χ2n) is 5.88. The number of amides is 1. The van der Waals surface area contributed by atoms with Gasteiger partial charge in [-0.05, 0) is 30.9 Å². The molecule has 126 valence electrons. The van der Waals surface area contributed by atoms with E-state index in [0.717, 1.165) is 29.4 Å². The van der Waals surface area contributed by atoms with Crippen molar-refractivity contribution >= 4 is 47.3 Å². The summed E-state index contributed by atoms with van der Waals surface area (Å²) in [6, 6.07) is 10.0. The highest BCUT2D eigenvalue weighted by molar-refractivity contribution is 5.93. The lowest BCUT2D eigenvalue weighted by Crippen LogP contribution is -2.35. The normalized spacial score (nSPS) is 20.2. The lowest BCUT2D eigenvalue weighted by Gasteiger charge is -2.27. The monoisotopic (exact) mass is 355 g/mol. The van der Waals surface area contributed by atoms with Crippen LogP contribution in [0, 0.1) is 5.92 Å². The maximum atomic E-state index is 12.2. The van der Waals surface area contributed by atoms with E-state index in [1.807, 2.05) is 30.3 Å². The average Bonchev–Trinajstić information content (AvgIpc) is 2.49. The number of halogens is 2. The first kappa shape index (κ1) is 19.7. The number of carbonyl (C=O) groups excluding carboxylic acids is 1. The van der Waals surface area contributed by atoms with Crippen LogP contribution in [-0.2, 0) is 4.79 Å². The Balaban J connectivity index is 0.00000132. The van der Waals surface area contributed by atoms with Gasteiger partial charge >= 0.3 is 0 Å². The first-order valence-electron chi connectivity index (χ1n) is 7.62. The van der Waals surface area contributed by atoms with Crippen LogP contribution in [-0.4, -0.2) is 16.9 Å². The summed E-state index contributed by atoms with van der Waals surface area (Å²) in [4.78, 5) is 16.5. The third-order valence-electron chi connectivity index (χ3n) is 4.29. The number of carbonyl (C=O) groups is 1. The fraction of sp³-hybridized carbons (Fsp3) is 0.412. The van der Waals surface area contributed by atoms with E-state index < -0.39 is 0 Å². The van der Waals surface area contributed by atoms with Gasteiger partial charge in [-0.1, -0.05) is 31.0 Å². The third kappa shape index (κ3) is 5.06. The van der Waals surface area contributed by atoms with Gasteiger partial charge in [-0.2, -0.15) is 0 Å². The van der Waals surface area contributed by atoms with Crippen molar-refractivity contribution < 1.29 is 4.79 Å². The topological polar surface area (TPSA) is 68.0 Å². The van der Waals surface area contributed by atoms with Gasteiger partial charge in [-0.3, -0.25) is 9.78 Å². The predicted molar refractivity (Wildman–Crippen MR) is 99.4 cm³/mol. The summed E-state index contributed by atoms with van der Waals surface area (Å²) >= 11 is 0. The Kier molecular flexibility index (Phi) is 7.76. The molecule has 1 amide bonds. The molecule has 0 bridgehead atoms. The number of benzene rings is 1. The zero-order chi connectivity index (χ0) is 14.7. The van der Waals surface area contributed by atoms with Crippen molar-refractivity contribution in [1.82, 2.24) is 4.98 Å². The summed E-state index contributed by atoms with van der Waals surface area (Å²) in [6.07, 6.45) is 6.69. The minimum atomic E-state index is 0. The maximum Gasteiger partial charge on any atom is 0.224 e. The molecule has 1 saturated carbocycles. The highest BCUT2D eigenvalue weighted by Crippen LogP contribution is 2.26. The Hall–Kier alpha value is -1.36. The predicted octanol–water partition coefficient (Wildman–Crippen LogP) is 3.92. The fourth-order valence-corrected chi connectivity index (χ4v) is 3.08. The van der Waals surface area contributed by atoms with Crippen molar-refractivity contribution in [3.05, 3.63) is 36.5 Å². The molecule has 2 atom stereocenters. The molecule has 1 fully saturated rings. The molecule has 4 nitrogen and oxygen atoms in total. The maximum absolute atomic E-state index is 12.2. The van der Waals surface area contributed by atoms with E-state index >= 15 is 0 Å². The number of hydrogen-bond donors (Lipinski definition) is 2. The molecular formula is C17H23Cl2N3O. The molecule has 1 heterocycles. The van der Waals surface area contributed by atoms with E-state index in [2.05, 4.69) is 10.3 Å². The van der Waals surface area contributed by atoms with Crippen molar-refractivity contribution in [2.75, 3.05) is 5.32 Å². The second kappa shape index (κ2) is 9.06. The number of anilines is 1. The largest absolute Gasteiger partial charge is 0.327 e. The molecule has 23 heavy (non-hydrogen) atoms. The molecule has 1 aliphatic carbocycles. The number of hydrogen-bond acceptors (Lipinski definition) is 3. The number of nitrogens with one attached hydrogen (secondary N) is 1. The lowest BCUT2D eigenvalue weighted by molar-refractivity contribution is -0.117. The Morgan fingerprint density at radius 2 is 1.96 bits per heavy atom. The minimum Gasteiger partial charge on any atom is -0.327 e. The number of nitrogens with two attached hydrogens (primary N) is 1. The van der Waals surface area contributed by atoms with Crippen molar-refractivity contribution in [2.45, 2.75) is 38.1 Å². The van der Waals surface area contributed by atoms with Crippen LogP contribution in [0.3, 0.4) is 0 Å². The van der Waals surface area contributed by atoms with E-state index in [1.165, 1.54) is 12.8 Å². The Bertz CT molecular complexity index is 651.